The van der Waals surface area contributed by atoms with Crippen molar-refractivity contribution in [2.45, 2.75) is 51.6 Å². The van der Waals surface area contributed by atoms with E-state index in [0.29, 0.717) is 12.8 Å². The maximum atomic E-state index is 11.3. The SMILES string of the molecule is CSCCCCCCNC(=O)CCC(C)O. The predicted octanol–water partition coefficient (Wildman–Crippen LogP) is 2.19. The molecule has 4 heteroatoms. The molecular formula is C12H25NO2S. The molecule has 1 unspecified atom stereocenters. The molecule has 0 aliphatic rings. The normalized spacial score (nSPS) is 12.4. The van der Waals surface area contributed by atoms with Crippen molar-refractivity contribution in [3.63, 3.8) is 0 Å². The Bertz CT molecular complexity index is 174. The van der Waals surface area contributed by atoms with Crippen molar-refractivity contribution in [3.05, 3.63) is 0 Å². The van der Waals surface area contributed by atoms with E-state index in [1.165, 1.54) is 25.0 Å². The number of amides is 1. The molecule has 0 saturated carbocycles. The van der Waals surface area contributed by atoms with Crippen LogP contribution >= 0.6 is 11.8 Å². The average Bonchev–Trinajstić information content (AvgIpc) is 2.25. The lowest BCUT2D eigenvalue weighted by molar-refractivity contribution is -0.121. The molecular weight excluding hydrogens is 222 g/mol. The third kappa shape index (κ3) is 11.9. The molecule has 0 radical (unpaired) electrons. The van der Waals surface area contributed by atoms with E-state index in [0.717, 1.165) is 13.0 Å². The van der Waals surface area contributed by atoms with Gasteiger partial charge in [0.15, 0.2) is 0 Å². The zero-order valence-corrected chi connectivity index (χ0v) is 11.3. The third-order valence-electron chi connectivity index (χ3n) is 2.39. The topological polar surface area (TPSA) is 49.3 Å². The van der Waals surface area contributed by atoms with Crippen LogP contribution in [-0.4, -0.2) is 35.7 Å². The first kappa shape index (κ1) is 15.8. The van der Waals surface area contributed by atoms with E-state index in [1.807, 2.05) is 11.8 Å². The number of aliphatic hydroxyl groups excluding tert-OH is 1. The van der Waals surface area contributed by atoms with Crippen molar-refractivity contribution >= 4 is 17.7 Å². The molecule has 0 saturated heterocycles. The van der Waals surface area contributed by atoms with Gasteiger partial charge < -0.3 is 10.4 Å². The molecule has 0 spiro atoms. The van der Waals surface area contributed by atoms with Gasteiger partial charge in [0.05, 0.1) is 6.10 Å². The monoisotopic (exact) mass is 247 g/mol. The number of carbonyl (C=O) groups is 1. The lowest BCUT2D eigenvalue weighted by Gasteiger charge is -2.06. The highest BCUT2D eigenvalue weighted by atomic mass is 32.2. The van der Waals surface area contributed by atoms with Crippen molar-refractivity contribution in [3.8, 4) is 0 Å². The Kier molecular flexibility index (Phi) is 11.1. The quantitative estimate of drug-likeness (QED) is 0.582. The Balaban J connectivity index is 3.15. The first-order valence-electron chi connectivity index (χ1n) is 6.10. The van der Waals surface area contributed by atoms with Crippen molar-refractivity contribution < 1.29 is 9.90 Å². The van der Waals surface area contributed by atoms with Gasteiger partial charge in [0, 0.05) is 13.0 Å². The summed E-state index contributed by atoms with van der Waals surface area (Å²) in [7, 11) is 0. The largest absolute Gasteiger partial charge is 0.393 e. The standard InChI is InChI=1S/C12H25NO2S/c1-11(14)7-8-12(15)13-9-5-3-4-6-10-16-2/h11,14H,3-10H2,1-2H3,(H,13,15). The van der Waals surface area contributed by atoms with Gasteiger partial charge in [-0.25, -0.2) is 0 Å². The minimum atomic E-state index is -0.378. The second kappa shape index (κ2) is 11.3. The first-order valence-corrected chi connectivity index (χ1v) is 7.50. The molecule has 0 fully saturated rings. The fourth-order valence-electron chi connectivity index (χ4n) is 1.38. The fourth-order valence-corrected chi connectivity index (χ4v) is 1.87. The van der Waals surface area contributed by atoms with Crippen molar-refractivity contribution in [2.75, 3.05) is 18.6 Å². The molecule has 96 valence electrons. The molecule has 3 nitrogen and oxygen atoms in total. The van der Waals surface area contributed by atoms with E-state index in [9.17, 15) is 4.79 Å². The summed E-state index contributed by atoms with van der Waals surface area (Å²) in [6.07, 6.45) is 7.52. The number of hydrogen-bond donors (Lipinski definition) is 2. The Morgan fingerprint density at radius 3 is 2.62 bits per heavy atom. The van der Waals surface area contributed by atoms with E-state index in [4.69, 9.17) is 5.11 Å². The number of thioether (sulfide) groups is 1. The van der Waals surface area contributed by atoms with Gasteiger partial charge in [0.2, 0.25) is 5.91 Å². The van der Waals surface area contributed by atoms with E-state index >= 15 is 0 Å². The molecule has 2 N–H and O–H groups in total. The molecule has 0 bridgehead atoms. The number of hydrogen-bond acceptors (Lipinski definition) is 3. The molecule has 1 atom stereocenters. The van der Waals surface area contributed by atoms with E-state index in [2.05, 4.69) is 11.6 Å². The highest BCUT2D eigenvalue weighted by molar-refractivity contribution is 7.98. The molecule has 0 heterocycles. The van der Waals surface area contributed by atoms with Crippen molar-refractivity contribution in [1.29, 1.82) is 0 Å². The van der Waals surface area contributed by atoms with Crippen LogP contribution in [0.3, 0.4) is 0 Å². The van der Waals surface area contributed by atoms with Gasteiger partial charge in [0.25, 0.3) is 0 Å². The highest BCUT2D eigenvalue weighted by Gasteiger charge is 2.02. The third-order valence-corrected chi connectivity index (χ3v) is 3.08. The van der Waals surface area contributed by atoms with Crippen LogP contribution < -0.4 is 5.32 Å². The Hall–Kier alpha value is -0.220. The Morgan fingerprint density at radius 2 is 2.00 bits per heavy atom. The summed E-state index contributed by atoms with van der Waals surface area (Å²) in [4.78, 5) is 11.3. The smallest absolute Gasteiger partial charge is 0.220 e. The molecule has 0 aromatic rings. The van der Waals surface area contributed by atoms with Crippen LogP contribution in [0, 0.1) is 0 Å². The molecule has 0 aromatic carbocycles. The van der Waals surface area contributed by atoms with Gasteiger partial charge in [-0.15, -0.1) is 0 Å². The number of carbonyl (C=O) groups excluding carboxylic acids is 1. The van der Waals surface area contributed by atoms with Crippen molar-refractivity contribution in [1.82, 2.24) is 5.32 Å². The van der Waals surface area contributed by atoms with E-state index < -0.39 is 0 Å². The van der Waals surface area contributed by atoms with Gasteiger partial charge in [-0.2, -0.15) is 11.8 Å². The summed E-state index contributed by atoms with van der Waals surface area (Å²) in [6, 6.07) is 0. The second-order valence-corrected chi connectivity index (χ2v) is 5.13. The van der Waals surface area contributed by atoms with Crippen molar-refractivity contribution in [2.24, 2.45) is 0 Å². The number of unbranched alkanes of at least 4 members (excludes halogenated alkanes) is 3. The second-order valence-electron chi connectivity index (χ2n) is 4.14. The number of aliphatic hydroxyl groups is 1. The maximum Gasteiger partial charge on any atom is 0.220 e. The van der Waals surface area contributed by atoms with Gasteiger partial charge in [-0.1, -0.05) is 12.8 Å². The maximum absolute atomic E-state index is 11.3. The molecule has 0 aliphatic carbocycles. The fraction of sp³-hybridized carbons (Fsp3) is 0.917. The Morgan fingerprint density at radius 1 is 1.31 bits per heavy atom. The van der Waals surface area contributed by atoms with E-state index in [1.54, 1.807) is 6.92 Å². The lowest BCUT2D eigenvalue weighted by atomic mass is 10.2. The predicted molar refractivity (Wildman–Crippen MR) is 70.8 cm³/mol. The number of nitrogens with one attached hydrogen (secondary N) is 1. The molecule has 0 aliphatic heterocycles. The van der Waals surface area contributed by atoms with Gasteiger partial charge >= 0.3 is 0 Å². The minimum Gasteiger partial charge on any atom is -0.393 e. The molecule has 0 rings (SSSR count). The molecule has 0 aromatic heterocycles. The summed E-state index contributed by atoms with van der Waals surface area (Å²) >= 11 is 1.89. The van der Waals surface area contributed by atoms with Crippen LogP contribution in [0.25, 0.3) is 0 Å². The van der Waals surface area contributed by atoms with Gasteiger partial charge in [-0.3, -0.25) is 4.79 Å². The zero-order valence-electron chi connectivity index (χ0n) is 10.5. The Labute approximate surface area is 103 Å². The van der Waals surface area contributed by atoms with Crippen LogP contribution in [0.1, 0.15) is 45.4 Å². The van der Waals surface area contributed by atoms with Gasteiger partial charge in [-0.05, 0) is 38.2 Å². The van der Waals surface area contributed by atoms with Crippen LogP contribution in [-0.2, 0) is 4.79 Å². The summed E-state index contributed by atoms with van der Waals surface area (Å²) in [5, 5.41) is 11.9. The van der Waals surface area contributed by atoms with Crippen LogP contribution in [0.2, 0.25) is 0 Å². The summed E-state index contributed by atoms with van der Waals surface area (Å²) < 4.78 is 0. The first-order chi connectivity index (χ1) is 7.66. The van der Waals surface area contributed by atoms with Gasteiger partial charge in [0.1, 0.15) is 0 Å². The molecule has 16 heavy (non-hydrogen) atoms. The van der Waals surface area contributed by atoms with E-state index in [-0.39, 0.29) is 12.0 Å². The molecule has 1 amide bonds. The van der Waals surface area contributed by atoms with Crippen LogP contribution in [0.4, 0.5) is 0 Å². The zero-order chi connectivity index (χ0) is 12.2. The van der Waals surface area contributed by atoms with Crippen LogP contribution in [0.5, 0.6) is 0 Å². The summed E-state index contributed by atoms with van der Waals surface area (Å²) in [5.41, 5.74) is 0. The highest BCUT2D eigenvalue weighted by Crippen LogP contribution is 2.04. The lowest BCUT2D eigenvalue weighted by Crippen LogP contribution is -2.25. The van der Waals surface area contributed by atoms with Crippen LogP contribution in [0.15, 0.2) is 0 Å². The summed E-state index contributed by atoms with van der Waals surface area (Å²) in [6.45, 7) is 2.48. The summed E-state index contributed by atoms with van der Waals surface area (Å²) in [5.74, 6) is 1.30. The minimum absolute atomic E-state index is 0.0602. The number of rotatable bonds is 10. The average molecular weight is 247 g/mol.